The first-order valence-electron chi connectivity index (χ1n) is 6.06. The van der Waals surface area contributed by atoms with Gasteiger partial charge in [-0.15, -0.1) is 0 Å². The van der Waals surface area contributed by atoms with Crippen molar-refractivity contribution in [2.75, 3.05) is 0 Å². The summed E-state index contributed by atoms with van der Waals surface area (Å²) >= 11 is 0. The summed E-state index contributed by atoms with van der Waals surface area (Å²) in [4.78, 5) is 4.33. The number of aryl methyl sites for hydroxylation is 1. The molecule has 1 nitrogen and oxygen atoms in total. The largest absolute Gasteiger partial charge is 0.269 e. The predicted octanol–water partition coefficient (Wildman–Crippen LogP) is 4.48. The molecule has 0 aliphatic rings. The van der Waals surface area contributed by atoms with E-state index in [1.165, 1.54) is 16.7 Å². The lowest BCUT2D eigenvalue weighted by Crippen LogP contribution is -1.88. The summed E-state index contributed by atoms with van der Waals surface area (Å²) in [6, 6.07) is 8.53. The molecule has 0 aliphatic carbocycles. The third-order valence-electron chi connectivity index (χ3n) is 2.61. The highest BCUT2D eigenvalue weighted by atomic mass is 14.7. The van der Waals surface area contributed by atoms with Gasteiger partial charge in [-0.25, -0.2) is 0 Å². The quantitative estimate of drug-likeness (QED) is 0.642. The van der Waals surface area contributed by atoms with E-state index >= 15 is 0 Å². The molecule has 0 unspecified atom stereocenters. The van der Waals surface area contributed by atoms with Crippen LogP contribution >= 0.6 is 0 Å². The number of nitrogens with zero attached hydrogens (tertiary/aromatic N) is 1. The Kier molecular flexibility index (Phi) is 5.55. The average molecular weight is 215 g/mol. The van der Waals surface area contributed by atoms with E-state index in [4.69, 9.17) is 0 Å². The fraction of sp³-hybridized carbons (Fsp3) is 0.400. The van der Waals surface area contributed by atoms with Gasteiger partial charge >= 0.3 is 0 Å². The van der Waals surface area contributed by atoms with Gasteiger partial charge in [0.2, 0.25) is 0 Å². The number of rotatable bonds is 5. The van der Waals surface area contributed by atoms with Crippen LogP contribution < -0.4 is 0 Å². The van der Waals surface area contributed by atoms with Gasteiger partial charge in [-0.05, 0) is 36.5 Å². The van der Waals surface area contributed by atoms with Crippen molar-refractivity contribution in [2.45, 2.75) is 40.0 Å². The molecular weight excluding hydrogens is 194 g/mol. The Balaban J connectivity index is 2.82. The van der Waals surface area contributed by atoms with Crippen molar-refractivity contribution in [1.29, 1.82) is 0 Å². The third kappa shape index (κ3) is 3.65. The van der Waals surface area contributed by atoms with Crippen LogP contribution in [-0.2, 0) is 6.42 Å². The maximum Gasteiger partial charge on any atom is 0.0299 e. The Labute approximate surface area is 98.9 Å². The number of hydrogen-bond donors (Lipinski definition) is 0. The minimum atomic E-state index is 1.05. The summed E-state index contributed by atoms with van der Waals surface area (Å²) in [6.45, 7) is 6.47. The smallest absolute Gasteiger partial charge is 0.0299 e. The molecule has 0 aliphatic heterocycles. The van der Waals surface area contributed by atoms with Crippen LogP contribution in [0.1, 0.15) is 44.7 Å². The molecule has 16 heavy (non-hydrogen) atoms. The summed E-state index contributed by atoms with van der Waals surface area (Å²) < 4.78 is 0. The van der Waals surface area contributed by atoms with Crippen molar-refractivity contribution in [1.82, 2.24) is 0 Å². The monoisotopic (exact) mass is 215 g/mol. The summed E-state index contributed by atoms with van der Waals surface area (Å²) in [5.74, 6) is 0. The van der Waals surface area contributed by atoms with Crippen LogP contribution in [0.15, 0.2) is 35.5 Å². The first kappa shape index (κ1) is 12.7. The van der Waals surface area contributed by atoms with Gasteiger partial charge in [-0.3, -0.25) is 4.99 Å². The van der Waals surface area contributed by atoms with Gasteiger partial charge in [0.05, 0.1) is 0 Å². The zero-order chi connectivity index (χ0) is 11.8. The molecule has 0 radical (unpaired) electrons. The van der Waals surface area contributed by atoms with Gasteiger partial charge in [0.15, 0.2) is 0 Å². The lowest BCUT2D eigenvalue weighted by atomic mass is 10.00. The lowest BCUT2D eigenvalue weighted by molar-refractivity contribution is 1.01. The zero-order valence-corrected chi connectivity index (χ0v) is 10.5. The lowest BCUT2D eigenvalue weighted by Gasteiger charge is -2.06. The Morgan fingerprint density at radius 2 is 2.00 bits per heavy atom. The van der Waals surface area contributed by atoms with Crippen molar-refractivity contribution >= 4 is 11.8 Å². The molecular formula is C15H21N. The van der Waals surface area contributed by atoms with Crippen LogP contribution in [0.5, 0.6) is 0 Å². The minimum Gasteiger partial charge on any atom is -0.269 e. The summed E-state index contributed by atoms with van der Waals surface area (Å²) in [5.41, 5.74) is 3.95. The molecule has 0 atom stereocenters. The van der Waals surface area contributed by atoms with Crippen molar-refractivity contribution < 1.29 is 0 Å². The van der Waals surface area contributed by atoms with Gasteiger partial charge < -0.3 is 0 Å². The Morgan fingerprint density at radius 3 is 2.69 bits per heavy atom. The second-order valence-electron chi connectivity index (χ2n) is 3.94. The second-order valence-corrected chi connectivity index (χ2v) is 3.94. The second kappa shape index (κ2) is 7.00. The van der Waals surface area contributed by atoms with Crippen molar-refractivity contribution in [2.24, 2.45) is 4.99 Å². The molecule has 0 heterocycles. The minimum absolute atomic E-state index is 1.05. The normalized spacial score (nSPS) is 12.3. The summed E-state index contributed by atoms with van der Waals surface area (Å²) in [5, 5.41) is 0. The standard InChI is InChI=1S/C15H21N/c1-4-6-11-16-12-13(3)15-10-8-7-9-14(15)5-2/h7-12H,4-6H2,1-3H3. The van der Waals surface area contributed by atoms with Gasteiger partial charge in [0.1, 0.15) is 0 Å². The van der Waals surface area contributed by atoms with Gasteiger partial charge in [-0.2, -0.15) is 0 Å². The number of benzene rings is 1. The molecule has 0 N–H and O–H groups in total. The molecule has 0 spiro atoms. The molecule has 0 saturated heterocycles. The van der Waals surface area contributed by atoms with Crippen molar-refractivity contribution in [3.8, 4) is 0 Å². The van der Waals surface area contributed by atoms with E-state index < -0.39 is 0 Å². The Bertz CT molecular complexity index is 375. The van der Waals surface area contributed by atoms with Crippen molar-refractivity contribution in [3.05, 3.63) is 41.6 Å². The van der Waals surface area contributed by atoms with Crippen LogP contribution in [0.4, 0.5) is 0 Å². The number of unbranched alkanes of at least 4 members (excludes halogenated alkanes) is 1. The number of aliphatic imine (C=N–C) groups is 1. The molecule has 1 heteroatoms. The molecule has 1 aromatic rings. The number of allylic oxidation sites excluding steroid dienone is 1. The van der Waals surface area contributed by atoms with E-state index in [9.17, 15) is 0 Å². The van der Waals surface area contributed by atoms with Gasteiger partial charge in [0, 0.05) is 12.4 Å². The maximum atomic E-state index is 4.33. The molecule has 0 saturated carbocycles. The summed E-state index contributed by atoms with van der Waals surface area (Å²) in [6.07, 6.45) is 7.23. The van der Waals surface area contributed by atoms with Crippen LogP contribution in [0.25, 0.3) is 5.57 Å². The number of hydrogen-bond acceptors (Lipinski definition) is 1. The van der Waals surface area contributed by atoms with Gasteiger partial charge in [0.25, 0.3) is 0 Å². The van der Waals surface area contributed by atoms with E-state index in [1.54, 1.807) is 0 Å². The fourth-order valence-corrected chi connectivity index (χ4v) is 1.65. The molecule has 0 bridgehead atoms. The highest BCUT2D eigenvalue weighted by molar-refractivity contribution is 5.68. The Morgan fingerprint density at radius 1 is 1.25 bits per heavy atom. The molecule has 86 valence electrons. The van der Waals surface area contributed by atoms with Crippen LogP contribution in [-0.4, -0.2) is 6.21 Å². The van der Waals surface area contributed by atoms with Crippen molar-refractivity contribution in [3.63, 3.8) is 0 Å². The average Bonchev–Trinajstić information content (AvgIpc) is 2.34. The summed E-state index contributed by atoms with van der Waals surface area (Å²) in [7, 11) is 0. The maximum absolute atomic E-state index is 4.33. The first-order valence-corrected chi connectivity index (χ1v) is 6.06. The third-order valence-corrected chi connectivity index (χ3v) is 2.61. The topological polar surface area (TPSA) is 12.4 Å². The molecule has 0 fully saturated rings. The predicted molar refractivity (Wildman–Crippen MR) is 72.9 cm³/mol. The van der Waals surface area contributed by atoms with Crippen LogP contribution in [0, 0.1) is 0 Å². The van der Waals surface area contributed by atoms with Gasteiger partial charge in [-0.1, -0.05) is 44.5 Å². The van der Waals surface area contributed by atoms with E-state index in [1.807, 2.05) is 12.4 Å². The van der Waals surface area contributed by atoms with E-state index in [2.05, 4.69) is 50.0 Å². The molecule has 1 aromatic carbocycles. The van der Waals surface area contributed by atoms with Crippen LogP contribution in [0.3, 0.4) is 0 Å². The van der Waals surface area contributed by atoms with Crippen LogP contribution in [0.2, 0.25) is 0 Å². The van der Waals surface area contributed by atoms with E-state index in [-0.39, 0.29) is 0 Å². The molecule has 1 rings (SSSR count). The SMILES string of the molecule is CCCC=NC=C(C)c1ccccc1CC. The first-order chi connectivity index (χ1) is 7.79. The highest BCUT2D eigenvalue weighted by Crippen LogP contribution is 2.19. The fourth-order valence-electron chi connectivity index (χ4n) is 1.65. The van der Waals surface area contributed by atoms with E-state index in [0.29, 0.717) is 0 Å². The van der Waals surface area contributed by atoms with E-state index in [0.717, 1.165) is 19.3 Å². The highest BCUT2D eigenvalue weighted by Gasteiger charge is 2.00. The Hall–Kier alpha value is -1.37. The zero-order valence-electron chi connectivity index (χ0n) is 10.5. The molecule has 0 amide bonds. The molecule has 0 aromatic heterocycles.